The Hall–Kier alpha value is -3.53. The van der Waals surface area contributed by atoms with Crippen LogP contribution in [0.5, 0.6) is 11.5 Å². The van der Waals surface area contributed by atoms with Crippen molar-refractivity contribution in [3.05, 3.63) is 58.3 Å². The van der Waals surface area contributed by atoms with Gasteiger partial charge in [-0.3, -0.25) is 4.79 Å². The summed E-state index contributed by atoms with van der Waals surface area (Å²) in [6.07, 6.45) is 2.05. The Bertz CT molecular complexity index is 1290. The fourth-order valence-corrected chi connectivity index (χ4v) is 4.68. The molecule has 0 aliphatic carbocycles. The number of amides is 1. The summed E-state index contributed by atoms with van der Waals surface area (Å²) in [6, 6.07) is 8.26. The molecule has 172 valence electrons. The van der Waals surface area contributed by atoms with Crippen LogP contribution in [0.2, 0.25) is 0 Å². The number of thiophene rings is 1. The fourth-order valence-electron chi connectivity index (χ4n) is 3.53. The van der Waals surface area contributed by atoms with E-state index in [1.807, 2.05) is 13.8 Å². The first-order valence-electron chi connectivity index (χ1n) is 10.1. The molecular weight excluding hydrogens is 452 g/mol. The van der Waals surface area contributed by atoms with Crippen molar-refractivity contribution in [2.75, 3.05) is 13.7 Å². The van der Waals surface area contributed by atoms with Gasteiger partial charge < -0.3 is 19.2 Å². The second kappa shape index (κ2) is 9.53. The van der Waals surface area contributed by atoms with Crippen LogP contribution in [0.4, 0.5) is 8.78 Å². The van der Waals surface area contributed by atoms with Crippen molar-refractivity contribution < 1.29 is 27.5 Å². The number of halogens is 2. The molecule has 4 rings (SSSR count). The predicted molar refractivity (Wildman–Crippen MR) is 120 cm³/mol. The minimum Gasteiger partial charge on any atom is -0.493 e. The summed E-state index contributed by atoms with van der Waals surface area (Å²) in [5, 5.41) is 3.77. The number of ether oxygens (including phenoxy) is 2. The van der Waals surface area contributed by atoms with Gasteiger partial charge in [-0.2, -0.15) is 8.78 Å². The van der Waals surface area contributed by atoms with Crippen molar-refractivity contribution in [1.29, 1.82) is 0 Å². The number of hydrogen-bond donors (Lipinski definition) is 1. The van der Waals surface area contributed by atoms with Crippen LogP contribution >= 0.6 is 11.3 Å². The van der Waals surface area contributed by atoms with E-state index in [-0.39, 0.29) is 17.4 Å². The zero-order valence-corrected chi connectivity index (χ0v) is 19.0. The van der Waals surface area contributed by atoms with Gasteiger partial charge in [-0.25, -0.2) is 9.97 Å². The summed E-state index contributed by atoms with van der Waals surface area (Å²) in [5.74, 6) is 1.01. The molecule has 10 heteroatoms. The zero-order valence-electron chi connectivity index (χ0n) is 18.1. The minimum absolute atomic E-state index is 0.0356. The van der Waals surface area contributed by atoms with Gasteiger partial charge in [0.15, 0.2) is 23.1 Å². The molecule has 0 spiro atoms. The van der Waals surface area contributed by atoms with Crippen LogP contribution in [0.15, 0.2) is 41.0 Å². The molecule has 3 heterocycles. The third-order valence-electron chi connectivity index (χ3n) is 5.06. The van der Waals surface area contributed by atoms with Crippen LogP contribution in [0, 0.1) is 13.8 Å². The van der Waals surface area contributed by atoms with Gasteiger partial charge in [-0.05, 0) is 55.7 Å². The molecule has 4 aromatic rings. The van der Waals surface area contributed by atoms with Crippen molar-refractivity contribution >= 4 is 27.5 Å². The van der Waals surface area contributed by atoms with Gasteiger partial charge in [0.2, 0.25) is 0 Å². The van der Waals surface area contributed by atoms with E-state index in [2.05, 4.69) is 20.0 Å². The molecule has 33 heavy (non-hydrogen) atoms. The molecule has 0 radical (unpaired) electrons. The van der Waals surface area contributed by atoms with E-state index in [9.17, 15) is 13.6 Å². The molecule has 0 aliphatic rings. The Morgan fingerprint density at radius 1 is 1.21 bits per heavy atom. The number of benzene rings is 1. The number of rotatable bonds is 8. The lowest BCUT2D eigenvalue weighted by Gasteiger charge is -2.11. The molecule has 0 saturated heterocycles. The molecule has 0 unspecified atom stereocenters. The van der Waals surface area contributed by atoms with Crippen molar-refractivity contribution in [1.82, 2.24) is 15.3 Å². The molecule has 0 fully saturated rings. The molecule has 0 atom stereocenters. The Morgan fingerprint density at radius 3 is 2.73 bits per heavy atom. The number of aromatic nitrogens is 2. The van der Waals surface area contributed by atoms with Gasteiger partial charge in [-0.1, -0.05) is 6.07 Å². The second-order valence-electron chi connectivity index (χ2n) is 7.22. The molecule has 0 aliphatic heterocycles. The van der Waals surface area contributed by atoms with E-state index < -0.39 is 6.61 Å². The molecule has 1 N–H and O–H groups in total. The summed E-state index contributed by atoms with van der Waals surface area (Å²) in [6.45, 7) is 1.18. The first kappa shape index (κ1) is 22.7. The second-order valence-corrected chi connectivity index (χ2v) is 8.21. The molecule has 0 saturated carbocycles. The van der Waals surface area contributed by atoms with Crippen LogP contribution in [0.3, 0.4) is 0 Å². The number of furan rings is 1. The molecule has 0 bridgehead atoms. The molecule has 7 nitrogen and oxygen atoms in total. The molecule has 1 aromatic carbocycles. The third kappa shape index (κ3) is 4.80. The summed E-state index contributed by atoms with van der Waals surface area (Å²) in [7, 11) is 1.38. The first-order chi connectivity index (χ1) is 15.9. The Morgan fingerprint density at radius 2 is 2.03 bits per heavy atom. The smallest absolute Gasteiger partial charge is 0.387 e. The lowest BCUT2D eigenvalue weighted by atomic mass is 10.1. The standard InChI is InChI=1S/C23H21F2N3O4S/c1-12-18-13(2)27-20(16-5-4-10-31-16)28-22(18)33-19(12)21(29)26-9-8-14-6-7-15(32-23(24)25)17(11-14)30-3/h4-7,10-11,23H,8-9H2,1-3H3,(H,26,29). The number of alkyl halides is 2. The number of hydrogen-bond acceptors (Lipinski definition) is 7. The lowest BCUT2D eigenvalue weighted by Crippen LogP contribution is -2.25. The van der Waals surface area contributed by atoms with Gasteiger partial charge in [0.05, 0.1) is 23.9 Å². The number of nitrogens with one attached hydrogen (secondary N) is 1. The maximum atomic E-state index is 12.9. The summed E-state index contributed by atoms with van der Waals surface area (Å²) in [5.41, 5.74) is 2.41. The van der Waals surface area contributed by atoms with Gasteiger partial charge in [0.1, 0.15) is 4.83 Å². The van der Waals surface area contributed by atoms with Crippen LogP contribution in [0.25, 0.3) is 21.8 Å². The SMILES string of the molecule is COc1cc(CCNC(=O)c2sc3nc(-c4ccco4)nc(C)c3c2C)ccc1OC(F)F. The summed E-state index contributed by atoms with van der Waals surface area (Å²) < 4.78 is 39.9. The van der Waals surface area contributed by atoms with E-state index >= 15 is 0 Å². The normalized spacial score (nSPS) is 11.2. The molecule has 1 amide bonds. The number of carbonyl (C=O) groups is 1. The highest BCUT2D eigenvalue weighted by molar-refractivity contribution is 7.20. The third-order valence-corrected chi connectivity index (χ3v) is 6.25. The van der Waals surface area contributed by atoms with Crippen LogP contribution in [-0.4, -0.2) is 36.1 Å². The molecular formula is C23H21F2N3O4S. The Balaban J connectivity index is 1.47. The summed E-state index contributed by atoms with van der Waals surface area (Å²) >= 11 is 1.31. The van der Waals surface area contributed by atoms with E-state index in [1.54, 1.807) is 30.5 Å². The highest BCUT2D eigenvalue weighted by Crippen LogP contribution is 2.33. The largest absolute Gasteiger partial charge is 0.493 e. The highest BCUT2D eigenvalue weighted by Gasteiger charge is 2.20. The lowest BCUT2D eigenvalue weighted by molar-refractivity contribution is -0.0512. The fraction of sp³-hybridized carbons (Fsp3) is 0.261. The van der Waals surface area contributed by atoms with Crippen LogP contribution in [0.1, 0.15) is 26.5 Å². The summed E-state index contributed by atoms with van der Waals surface area (Å²) in [4.78, 5) is 23.2. The maximum absolute atomic E-state index is 12.9. The van der Waals surface area contributed by atoms with Crippen LogP contribution in [-0.2, 0) is 6.42 Å². The van der Waals surface area contributed by atoms with Crippen molar-refractivity contribution in [2.24, 2.45) is 0 Å². The number of nitrogens with zero attached hydrogens (tertiary/aromatic N) is 2. The number of fused-ring (bicyclic) bond motifs is 1. The number of carbonyl (C=O) groups excluding carboxylic acids is 1. The Labute approximate surface area is 192 Å². The van der Waals surface area contributed by atoms with E-state index in [1.165, 1.54) is 24.5 Å². The number of methoxy groups -OCH3 is 1. The quantitative estimate of drug-likeness (QED) is 0.381. The average Bonchev–Trinajstić information content (AvgIpc) is 3.43. The molecule has 3 aromatic heterocycles. The first-order valence-corrected chi connectivity index (χ1v) is 10.9. The van der Waals surface area contributed by atoms with E-state index in [0.717, 1.165) is 27.0 Å². The van der Waals surface area contributed by atoms with E-state index in [4.69, 9.17) is 9.15 Å². The maximum Gasteiger partial charge on any atom is 0.387 e. The average molecular weight is 474 g/mol. The van der Waals surface area contributed by atoms with Crippen molar-refractivity contribution in [3.63, 3.8) is 0 Å². The van der Waals surface area contributed by atoms with Gasteiger partial charge in [0, 0.05) is 11.9 Å². The van der Waals surface area contributed by atoms with Crippen molar-refractivity contribution in [3.8, 4) is 23.1 Å². The Kier molecular flexibility index (Phi) is 6.55. The van der Waals surface area contributed by atoms with Gasteiger partial charge >= 0.3 is 6.61 Å². The highest BCUT2D eigenvalue weighted by atomic mass is 32.1. The predicted octanol–water partition coefficient (Wildman–Crippen LogP) is 5.15. The van der Waals surface area contributed by atoms with Crippen molar-refractivity contribution in [2.45, 2.75) is 26.9 Å². The minimum atomic E-state index is -2.93. The monoisotopic (exact) mass is 473 g/mol. The van der Waals surface area contributed by atoms with Crippen LogP contribution < -0.4 is 14.8 Å². The van der Waals surface area contributed by atoms with E-state index in [0.29, 0.717) is 29.4 Å². The van der Waals surface area contributed by atoms with Gasteiger partial charge in [-0.15, -0.1) is 11.3 Å². The topological polar surface area (TPSA) is 86.5 Å². The van der Waals surface area contributed by atoms with Gasteiger partial charge in [0.25, 0.3) is 5.91 Å². The zero-order chi connectivity index (χ0) is 23.5. The number of aryl methyl sites for hydroxylation is 2.